The van der Waals surface area contributed by atoms with Crippen molar-refractivity contribution in [2.45, 2.75) is 26.8 Å². The quantitative estimate of drug-likeness (QED) is 0.620. The molecule has 0 bridgehead atoms. The molecule has 0 spiro atoms. The smallest absolute Gasteiger partial charge is 0.206 e. The molecule has 0 atom stereocenters. The molecule has 26 heavy (non-hydrogen) atoms. The van der Waals surface area contributed by atoms with Gasteiger partial charge in [0.15, 0.2) is 0 Å². The summed E-state index contributed by atoms with van der Waals surface area (Å²) in [5, 5.41) is 17.0. The van der Waals surface area contributed by atoms with E-state index in [0.717, 1.165) is 27.3 Å². The molecular weight excluding hydrogens is 366 g/mol. The van der Waals surface area contributed by atoms with E-state index in [0.29, 0.717) is 5.02 Å². The molecule has 3 rings (SSSR count). The molecule has 134 valence electrons. The van der Waals surface area contributed by atoms with Crippen LogP contribution in [0.25, 0.3) is 11.3 Å². The predicted molar refractivity (Wildman–Crippen MR) is 109 cm³/mol. The Morgan fingerprint density at radius 1 is 1.15 bits per heavy atom. The van der Waals surface area contributed by atoms with Gasteiger partial charge in [0.2, 0.25) is 4.80 Å². The second-order valence-corrected chi connectivity index (χ2v) is 7.45. The van der Waals surface area contributed by atoms with Gasteiger partial charge in [0, 0.05) is 22.0 Å². The van der Waals surface area contributed by atoms with Gasteiger partial charge in [0.1, 0.15) is 5.75 Å². The van der Waals surface area contributed by atoms with E-state index in [1.807, 2.05) is 67.2 Å². The van der Waals surface area contributed by atoms with Crippen molar-refractivity contribution < 1.29 is 5.11 Å². The van der Waals surface area contributed by atoms with E-state index in [-0.39, 0.29) is 11.8 Å². The molecule has 0 saturated heterocycles. The number of hydrogen-bond acceptors (Lipinski definition) is 4. The third kappa shape index (κ3) is 4.23. The molecule has 0 amide bonds. The molecule has 3 aromatic rings. The number of benzene rings is 2. The molecule has 6 heteroatoms. The summed E-state index contributed by atoms with van der Waals surface area (Å²) in [5.41, 5.74) is 3.70. The van der Waals surface area contributed by atoms with Crippen LogP contribution >= 0.6 is 22.9 Å². The lowest BCUT2D eigenvalue weighted by Gasteiger charge is -2.07. The van der Waals surface area contributed by atoms with E-state index < -0.39 is 0 Å². The lowest BCUT2D eigenvalue weighted by Crippen LogP contribution is -2.16. The number of nitrogens with zero attached hydrogens (tertiary/aromatic N) is 3. The minimum atomic E-state index is 0.163. The molecule has 4 nitrogen and oxygen atoms in total. The largest absolute Gasteiger partial charge is 0.508 e. The van der Waals surface area contributed by atoms with Crippen molar-refractivity contribution in [3.05, 3.63) is 69.3 Å². The van der Waals surface area contributed by atoms with Crippen LogP contribution < -0.4 is 4.80 Å². The maximum atomic E-state index is 9.49. The maximum absolute atomic E-state index is 9.49. The first-order valence-corrected chi connectivity index (χ1v) is 9.55. The van der Waals surface area contributed by atoms with Crippen LogP contribution in [0, 0.1) is 0 Å². The summed E-state index contributed by atoms with van der Waals surface area (Å²) in [7, 11) is 0. The van der Waals surface area contributed by atoms with Crippen molar-refractivity contribution >= 4 is 28.6 Å². The number of halogens is 1. The van der Waals surface area contributed by atoms with Crippen LogP contribution in [-0.2, 0) is 0 Å². The van der Waals surface area contributed by atoms with E-state index in [1.165, 1.54) is 0 Å². The minimum Gasteiger partial charge on any atom is -0.508 e. The topological polar surface area (TPSA) is 49.9 Å². The molecule has 1 aromatic heterocycles. The summed E-state index contributed by atoms with van der Waals surface area (Å²) in [6.45, 7) is 6.03. The Kier molecular flexibility index (Phi) is 5.59. The SMILES string of the molecule is CC(=Nn1c(-c2cccc(Cl)c2)csc1=NC(C)C)c1ccc(O)cc1. The van der Waals surface area contributed by atoms with Gasteiger partial charge in [-0.3, -0.25) is 4.99 Å². The van der Waals surface area contributed by atoms with Crippen LogP contribution in [0.1, 0.15) is 26.3 Å². The first kappa shape index (κ1) is 18.4. The Morgan fingerprint density at radius 2 is 1.88 bits per heavy atom. The van der Waals surface area contributed by atoms with E-state index >= 15 is 0 Å². The van der Waals surface area contributed by atoms with E-state index in [2.05, 4.69) is 0 Å². The fourth-order valence-corrected chi connectivity index (χ4v) is 3.62. The van der Waals surface area contributed by atoms with E-state index in [1.54, 1.807) is 23.5 Å². The predicted octanol–water partition coefficient (Wildman–Crippen LogP) is 5.16. The van der Waals surface area contributed by atoms with Crippen molar-refractivity contribution in [2.75, 3.05) is 0 Å². The van der Waals surface area contributed by atoms with Crippen LogP contribution in [0.5, 0.6) is 5.75 Å². The molecule has 0 radical (unpaired) electrons. The third-order valence-electron chi connectivity index (χ3n) is 3.71. The van der Waals surface area contributed by atoms with Gasteiger partial charge in [-0.1, -0.05) is 23.7 Å². The summed E-state index contributed by atoms with van der Waals surface area (Å²) in [4.78, 5) is 5.52. The van der Waals surface area contributed by atoms with Gasteiger partial charge in [-0.05, 0) is 62.7 Å². The first-order chi connectivity index (χ1) is 12.4. The third-order valence-corrected chi connectivity index (χ3v) is 4.77. The van der Waals surface area contributed by atoms with E-state index in [4.69, 9.17) is 21.7 Å². The fraction of sp³-hybridized carbons (Fsp3) is 0.200. The highest BCUT2D eigenvalue weighted by Gasteiger charge is 2.10. The molecule has 0 aliphatic rings. The van der Waals surface area contributed by atoms with Crippen molar-refractivity contribution in [2.24, 2.45) is 10.1 Å². The summed E-state index contributed by atoms with van der Waals surface area (Å²) in [6, 6.07) is 14.9. The highest BCUT2D eigenvalue weighted by Crippen LogP contribution is 2.24. The highest BCUT2D eigenvalue weighted by atomic mass is 35.5. The highest BCUT2D eigenvalue weighted by molar-refractivity contribution is 7.07. The van der Waals surface area contributed by atoms with Crippen molar-refractivity contribution in [1.82, 2.24) is 4.68 Å². The van der Waals surface area contributed by atoms with Crippen LogP contribution in [0.15, 0.2) is 64.0 Å². The average Bonchev–Trinajstić information content (AvgIpc) is 2.97. The Labute approximate surface area is 161 Å². The summed E-state index contributed by atoms with van der Waals surface area (Å²) in [5.74, 6) is 0.236. The zero-order valence-corrected chi connectivity index (χ0v) is 16.4. The number of hydrogen-bond donors (Lipinski definition) is 1. The molecule has 0 aliphatic carbocycles. The van der Waals surface area contributed by atoms with Gasteiger partial charge in [-0.2, -0.15) is 5.10 Å². The molecular formula is C20H20ClN3OS. The van der Waals surface area contributed by atoms with Crippen LogP contribution in [-0.4, -0.2) is 21.5 Å². The Hall–Kier alpha value is -2.37. The number of aromatic nitrogens is 1. The van der Waals surface area contributed by atoms with Crippen LogP contribution in [0.4, 0.5) is 0 Å². The van der Waals surface area contributed by atoms with Crippen molar-refractivity contribution in [3.8, 4) is 17.0 Å². The van der Waals surface area contributed by atoms with Gasteiger partial charge >= 0.3 is 0 Å². The summed E-state index contributed by atoms with van der Waals surface area (Å²) in [6.07, 6.45) is 0. The fourth-order valence-electron chi connectivity index (χ4n) is 2.46. The average molecular weight is 386 g/mol. The zero-order chi connectivity index (χ0) is 18.7. The normalized spacial score (nSPS) is 12.8. The number of thiazole rings is 1. The Bertz CT molecular complexity index is 1000. The number of aromatic hydroxyl groups is 1. The van der Waals surface area contributed by atoms with Gasteiger partial charge in [0.05, 0.1) is 11.4 Å². The first-order valence-electron chi connectivity index (χ1n) is 8.29. The lowest BCUT2D eigenvalue weighted by atomic mass is 10.1. The molecule has 1 heterocycles. The van der Waals surface area contributed by atoms with Crippen LogP contribution in [0.3, 0.4) is 0 Å². The molecule has 1 N–H and O–H groups in total. The summed E-state index contributed by atoms with van der Waals surface area (Å²) >= 11 is 7.72. The molecule has 0 aliphatic heterocycles. The van der Waals surface area contributed by atoms with E-state index in [9.17, 15) is 5.11 Å². The minimum absolute atomic E-state index is 0.163. The second kappa shape index (κ2) is 7.89. The van der Waals surface area contributed by atoms with Gasteiger partial charge in [-0.25, -0.2) is 4.68 Å². The number of phenols is 1. The Balaban J connectivity index is 2.16. The van der Waals surface area contributed by atoms with Crippen molar-refractivity contribution in [1.29, 1.82) is 0 Å². The Morgan fingerprint density at radius 3 is 2.54 bits per heavy atom. The standard InChI is InChI=1S/C20H20ClN3OS/c1-13(2)22-20-24(23-14(3)15-7-9-18(25)10-8-15)19(12-26-20)16-5-4-6-17(21)11-16/h4-13,25H,1-3H3. The molecule has 0 saturated carbocycles. The number of phenolic OH excluding ortho intramolecular Hbond substituents is 1. The monoisotopic (exact) mass is 385 g/mol. The van der Waals surface area contributed by atoms with Gasteiger partial charge in [-0.15, -0.1) is 11.3 Å². The zero-order valence-electron chi connectivity index (χ0n) is 14.8. The molecule has 0 fully saturated rings. The second-order valence-electron chi connectivity index (χ2n) is 6.18. The van der Waals surface area contributed by atoms with Gasteiger partial charge < -0.3 is 5.11 Å². The lowest BCUT2D eigenvalue weighted by molar-refractivity contribution is 0.475. The molecule has 0 unspecified atom stereocenters. The number of rotatable bonds is 4. The van der Waals surface area contributed by atoms with Crippen LogP contribution in [0.2, 0.25) is 5.02 Å². The molecule has 2 aromatic carbocycles. The van der Waals surface area contributed by atoms with Crippen molar-refractivity contribution in [3.63, 3.8) is 0 Å². The maximum Gasteiger partial charge on any atom is 0.206 e. The van der Waals surface area contributed by atoms with Gasteiger partial charge in [0.25, 0.3) is 0 Å². The summed E-state index contributed by atoms with van der Waals surface area (Å²) < 4.78 is 1.86.